The minimum absolute atomic E-state index is 0.163. The van der Waals surface area contributed by atoms with Gasteiger partial charge in [-0.05, 0) is 12.3 Å². The molecule has 2 unspecified atom stereocenters. The van der Waals surface area contributed by atoms with Gasteiger partial charge in [-0.1, -0.05) is 18.7 Å². The number of aliphatic imine (C=N–C) groups is 1. The Labute approximate surface area is 76.0 Å². The molecule has 0 spiro atoms. The van der Waals surface area contributed by atoms with E-state index >= 15 is 0 Å². The molecule has 1 saturated carbocycles. The van der Waals surface area contributed by atoms with Crippen molar-refractivity contribution in [3.63, 3.8) is 0 Å². The van der Waals surface area contributed by atoms with Crippen molar-refractivity contribution < 1.29 is 4.79 Å². The van der Waals surface area contributed by atoms with Crippen LogP contribution in [0.4, 0.5) is 0 Å². The number of carbonyl (C=O) groups excluding carboxylic acids is 1. The molecule has 0 bridgehead atoms. The van der Waals surface area contributed by atoms with Crippen LogP contribution >= 0.6 is 11.8 Å². The second-order valence-corrected chi connectivity index (χ2v) is 4.43. The van der Waals surface area contributed by atoms with Crippen LogP contribution in [0.15, 0.2) is 4.99 Å². The van der Waals surface area contributed by atoms with E-state index in [2.05, 4.69) is 17.2 Å². The minimum Gasteiger partial charge on any atom is -0.305 e. The fraction of sp³-hybridized carbons (Fsp3) is 0.750. The van der Waals surface area contributed by atoms with Crippen LogP contribution in [-0.4, -0.2) is 23.4 Å². The Balaban J connectivity index is 1.82. The average Bonchev–Trinajstić information content (AvgIpc) is 2.58. The van der Waals surface area contributed by atoms with E-state index in [0.717, 1.165) is 23.9 Å². The van der Waals surface area contributed by atoms with Crippen LogP contribution in [0.5, 0.6) is 0 Å². The summed E-state index contributed by atoms with van der Waals surface area (Å²) < 4.78 is 0. The van der Waals surface area contributed by atoms with Gasteiger partial charge < -0.3 is 5.32 Å². The van der Waals surface area contributed by atoms with Crippen LogP contribution < -0.4 is 5.32 Å². The maximum absolute atomic E-state index is 11.4. The first-order valence-electron chi connectivity index (χ1n) is 4.25. The molecule has 2 rings (SSSR count). The molecule has 1 fully saturated rings. The number of hydrogen-bond donors (Lipinski definition) is 1. The van der Waals surface area contributed by atoms with Crippen molar-refractivity contribution in [3.8, 4) is 0 Å². The summed E-state index contributed by atoms with van der Waals surface area (Å²) in [4.78, 5) is 15.5. The van der Waals surface area contributed by atoms with Crippen LogP contribution in [-0.2, 0) is 4.79 Å². The van der Waals surface area contributed by atoms with Gasteiger partial charge in [0.25, 0.3) is 0 Å². The van der Waals surface area contributed by atoms with Crippen molar-refractivity contribution in [1.29, 1.82) is 0 Å². The predicted molar refractivity (Wildman–Crippen MR) is 50.2 cm³/mol. The smallest absolute Gasteiger partial charge is 0.229 e. The molecule has 2 atom stereocenters. The molecule has 1 aliphatic carbocycles. The molecule has 0 radical (unpaired) electrons. The monoisotopic (exact) mass is 184 g/mol. The molecular formula is C8H12N2OS. The maximum Gasteiger partial charge on any atom is 0.229 e. The van der Waals surface area contributed by atoms with E-state index in [9.17, 15) is 4.79 Å². The largest absolute Gasteiger partial charge is 0.305 e. The lowest BCUT2D eigenvalue weighted by molar-refractivity contribution is -0.121. The lowest BCUT2D eigenvalue weighted by Crippen LogP contribution is -2.29. The van der Waals surface area contributed by atoms with Crippen LogP contribution in [0.25, 0.3) is 0 Å². The quantitative estimate of drug-likeness (QED) is 0.656. The Morgan fingerprint density at radius 1 is 1.75 bits per heavy atom. The molecule has 2 aliphatic rings. The van der Waals surface area contributed by atoms with Gasteiger partial charge in [0.2, 0.25) is 5.91 Å². The summed E-state index contributed by atoms with van der Waals surface area (Å²) in [5.74, 6) is 2.01. The van der Waals surface area contributed by atoms with E-state index in [4.69, 9.17) is 0 Å². The topological polar surface area (TPSA) is 41.5 Å². The molecule has 0 aromatic heterocycles. The number of nitrogens with one attached hydrogen (secondary N) is 1. The zero-order chi connectivity index (χ0) is 8.55. The van der Waals surface area contributed by atoms with Gasteiger partial charge in [-0.2, -0.15) is 0 Å². The Morgan fingerprint density at radius 2 is 2.50 bits per heavy atom. The standard InChI is InChI=1S/C8H12N2OS/c1-5-4-6(5)7(11)10-8-9-2-3-12-8/h5-6H,2-4H2,1H3,(H,9,10,11). The van der Waals surface area contributed by atoms with Gasteiger partial charge in [0.05, 0.1) is 6.54 Å². The molecule has 3 nitrogen and oxygen atoms in total. The highest BCUT2D eigenvalue weighted by Crippen LogP contribution is 2.37. The third kappa shape index (κ3) is 1.63. The molecule has 1 amide bonds. The first-order chi connectivity index (χ1) is 5.77. The van der Waals surface area contributed by atoms with Crippen molar-refractivity contribution in [2.45, 2.75) is 13.3 Å². The van der Waals surface area contributed by atoms with Crippen molar-refractivity contribution >= 4 is 22.8 Å². The average molecular weight is 184 g/mol. The highest BCUT2D eigenvalue weighted by molar-refractivity contribution is 8.14. The van der Waals surface area contributed by atoms with Gasteiger partial charge >= 0.3 is 0 Å². The summed E-state index contributed by atoms with van der Waals surface area (Å²) >= 11 is 1.64. The molecule has 0 aromatic rings. The Morgan fingerprint density at radius 3 is 3.00 bits per heavy atom. The van der Waals surface area contributed by atoms with Gasteiger partial charge in [0, 0.05) is 11.7 Å². The zero-order valence-corrected chi connectivity index (χ0v) is 7.86. The molecule has 0 saturated heterocycles. The number of thioether (sulfide) groups is 1. The summed E-state index contributed by atoms with van der Waals surface area (Å²) in [5, 5.41) is 3.66. The van der Waals surface area contributed by atoms with Gasteiger partial charge in [-0.25, -0.2) is 0 Å². The fourth-order valence-corrected chi connectivity index (χ4v) is 2.03. The SMILES string of the molecule is CC1CC1C(=O)NC1=NCCS1. The molecule has 1 heterocycles. The van der Waals surface area contributed by atoms with Crippen molar-refractivity contribution in [3.05, 3.63) is 0 Å². The van der Waals surface area contributed by atoms with Gasteiger partial charge in [0.15, 0.2) is 5.17 Å². The summed E-state index contributed by atoms with van der Waals surface area (Å²) in [7, 11) is 0. The molecular weight excluding hydrogens is 172 g/mol. The van der Waals surface area contributed by atoms with Crippen molar-refractivity contribution in [2.24, 2.45) is 16.8 Å². The Hall–Kier alpha value is -0.510. The summed E-state index contributed by atoms with van der Waals surface area (Å²) in [6.45, 7) is 2.95. The number of amidine groups is 1. The second kappa shape index (κ2) is 3.09. The molecule has 66 valence electrons. The van der Waals surface area contributed by atoms with E-state index in [1.807, 2.05) is 0 Å². The van der Waals surface area contributed by atoms with E-state index in [1.165, 1.54) is 0 Å². The van der Waals surface area contributed by atoms with Crippen LogP contribution in [0, 0.1) is 11.8 Å². The Bertz CT molecular complexity index is 239. The number of rotatable bonds is 1. The number of carbonyl (C=O) groups is 1. The second-order valence-electron chi connectivity index (χ2n) is 3.34. The zero-order valence-electron chi connectivity index (χ0n) is 7.04. The minimum atomic E-state index is 0.163. The lowest BCUT2D eigenvalue weighted by atomic mass is 10.3. The molecule has 1 aliphatic heterocycles. The highest BCUT2D eigenvalue weighted by atomic mass is 32.2. The van der Waals surface area contributed by atoms with E-state index in [0.29, 0.717) is 5.92 Å². The molecule has 0 aromatic carbocycles. The molecule has 4 heteroatoms. The number of nitrogens with zero attached hydrogens (tertiary/aromatic N) is 1. The van der Waals surface area contributed by atoms with E-state index in [1.54, 1.807) is 11.8 Å². The molecule has 12 heavy (non-hydrogen) atoms. The predicted octanol–water partition coefficient (Wildman–Crippen LogP) is 0.861. The number of hydrogen-bond acceptors (Lipinski definition) is 3. The van der Waals surface area contributed by atoms with E-state index < -0.39 is 0 Å². The van der Waals surface area contributed by atoms with Gasteiger partial charge in [-0.15, -0.1) is 0 Å². The summed E-state index contributed by atoms with van der Waals surface area (Å²) in [6, 6.07) is 0. The normalized spacial score (nSPS) is 32.9. The molecule has 1 N–H and O–H groups in total. The maximum atomic E-state index is 11.4. The van der Waals surface area contributed by atoms with E-state index in [-0.39, 0.29) is 11.8 Å². The van der Waals surface area contributed by atoms with Crippen molar-refractivity contribution in [1.82, 2.24) is 5.32 Å². The highest BCUT2D eigenvalue weighted by Gasteiger charge is 2.39. The summed E-state index contributed by atoms with van der Waals surface area (Å²) in [5.41, 5.74) is 0. The first-order valence-corrected chi connectivity index (χ1v) is 5.24. The number of amides is 1. The first kappa shape index (κ1) is 8.10. The Kier molecular flexibility index (Phi) is 2.09. The van der Waals surface area contributed by atoms with Gasteiger partial charge in [0.1, 0.15) is 0 Å². The fourth-order valence-electron chi connectivity index (χ4n) is 1.30. The third-order valence-electron chi connectivity index (χ3n) is 2.26. The van der Waals surface area contributed by atoms with Crippen molar-refractivity contribution in [2.75, 3.05) is 12.3 Å². The lowest BCUT2D eigenvalue weighted by Gasteiger charge is -2.01. The van der Waals surface area contributed by atoms with Gasteiger partial charge in [-0.3, -0.25) is 9.79 Å². The van der Waals surface area contributed by atoms with Crippen LogP contribution in [0.2, 0.25) is 0 Å². The van der Waals surface area contributed by atoms with Crippen LogP contribution in [0.1, 0.15) is 13.3 Å². The summed E-state index contributed by atoms with van der Waals surface area (Å²) in [6.07, 6.45) is 1.05. The third-order valence-corrected chi connectivity index (χ3v) is 3.15. The van der Waals surface area contributed by atoms with Crippen LogP contribution in [0.3, 0.4) is 0 Å².